The highest BCUT2D eigenvalue weighted by atomic mass is 16.5. The van der Waals surface area contributed by atoms with Gasteiger partial charge in [-0.05, 0) is 44.4 Å². The molecule has 0 aromatic carbocycles. The smallest absolute Gasteiger partial charge is 0.0729 e. The third-order valence-electron chi connectivity index (χ3n) is 5.45. The molecule has 2 fully saturated rings. The Balaban J connectivity index is 2.06. The van der Waals surface area contributed by atoms with Gasteiger partial charge >= 0.3 is 0 Å². The molecule has 0 bridgehead atoms. The van der Waals surface area contributed by atoms with Crippen molar-refractivity contribution in [2.45, 2.75) is 64.0 Å². The summed E-state index contributed by atoms with van der Waals surface area (Å²) in [6, 6.07) is 0. The van der Waals surface area contributed by atoms with Gasteiger partial charge in [0.1, 0.15) is 0 Å². The first-order valence-electron chi connectivity index (χ1n) is 7.51. The van der Waals surface area contributed by atoms with Gasteiger partial charge in [-0.2, -0.15) is 0 Å². The zero-order valence-electron chi connectivity index (χ0n) is 12.2. The molecule has 3 heteroatoms. The third-order valence-corrected chi connectivity index (χ3v) is 5.45. The Kier molecular flexibility index (Phi) is 4.35. The van der Waals surface area contributed by atoms with Gasteiger partial charge in [-0.15, -0.1) is 0 Å². The number of ether oxygens (including phenoxy) is 2. The van der Waals surface area contributed by atoms with Gasteiger partial charge in [0.25, 0.3) is 0 Å². The van der Waals surface area contributed by atoms with Gasteiger partial charge < -0.3 is 15.2 Å². The largest absolute Gasteiger partial charge is 0.381 e. The van der Waals surface area contributed by atoms with Crippen LogP contribution in [0.3, 0.4) is 0 Å². The third kappa shape index (κ3) is 2.73. The lowest BCUT2D eigenvalue weighted by Gasteiger charge is -2.49. The second kappa shape index (κ2) is 5.48. The molecule has 2 rings (SSSR count). The van der Waals surface area contributed by atoms with Crippen LogP contribution in [-0.2, 0) is 9.47 Å². The number of nitrogens with two attached hydrogens (primary N) is 1. The first-order chi connectivity index (χ1) is 8.50. The van der Waals surface area contributed by atoms with Crippen molar-refractivity contribution in [3.8, 4) is 0 Å². The molecule has 2 aliphatic heterocycles. The van der Waals surface area contributed by atoms with E-state index in [0.29, 0.717) is 11.8 Å². The van der Waals surface area contributed by atoms with Crippen molar-refractivity contribution in [1.82, 2.24) is 0 Å². The molecule has 0 aliphatic carbocycles. The maximum Gasteiger partial charge on any atom is 0.0729 e. The van der Waals surface area contributed by atoms with Crippen LogP contribution in [0.15, 0.2) is 0 Å². The molecule has 0 amide bonds. The average Bonchev–Trinajstić information content (AvgIpc) is 2.38. The van der Waals surface area contributed by atoms with Crippen LogP contribution in [0.4, 0.5) is 0 Å². The van der Waals surface area contributed by atoms with Crippen LogP contribution in [0.2, 0.25) is 0 Å². The highest BCUT2D eigenvalue weighted by Gasteiger charge is 2.45. The van der Waals surface area contributed by atoms with Crippen LogP contribution in [0.5, 0.6) is 0 Å². The normalized spacial score (nSPS) is 33.0. The Hall–Kier alpha value is -0.120. The summed E-state index contributed by atoms with van der Waals surface area (Å²) in [7, 11) is 0. The second-order valence-corrected chi connectivity index (χ2v) is 6.51. The molecule has 18 heavy (non-hydrogen) atoms. The highest BCUT2D eigenvalue weighted by Crippen LogP contribution is 2.42. The van der Waals surface area contributed by atoms with Gasteiger partial charge in [0.15, 0.2) is 0 Å². The molecular weight excluding hydrogens is 226 g/mol. The first kappa shape index (κ1) is 14.3. The van der Waals surface area contributed by atoms with E-state index < -0.39 is 0 Å². The number of rotatable bonds is 3. The summed E-state index contributed by atoms with van der Waals surface area (Å²) in [5.74, 6) is 1.15. The minimum Gasteiger partial charge on any atom is -0.381 e. The van der Waals surface area contributed by atoms with Crippen LogP contribution in [0.1, 0.15) is 52.9 Å². The summed E-state index contributed by atoms with van der Waals surface area (Å²) in [6.07, 6.45) is 5.47. The van der Waals surface area contributed by atoms with E-state index in [2.05, 4.69) is 20.8 Å². The van der Waals surface area contributed by atoms with Crippen LogP contribution in [0.25, 0.3) is 0 Å². The van der Waals surface area contributed by atoms with Gasteiger partial charge in [-0.1, -0.05) is 20.3 Å². The summed E-state index contributed by atoms with van der Waals surface area (Å²) in [6.45, 7) is 9.32. The molecule has 0 radical (unpaired) electrons. The van der Waals surface area contributed by atoms with Crippen molar-refractivity contribution >= 4 is 0 Å². The number of hydrogen-bond donors (Lipinski definition) is 1. The molecule has 2 heterocycles. The minimum atomic E-state index is -0.0656. The van der Waals surface area contributed by atoms with Crippen LogP contribution < -0.4 is 5.73 Å². The van der Waals surface area contributed by atoms with Gasteiger partial charge in [-0.25, -0.2) is 0 Å². The van der Waals surface area contributed by atoms with Crippen molar-refractivity contribution in [3.63, 3.8) is 0 Å². The van der Waals surface area contributed by atoms with Crippen LogP contribution in [0, 0.1) is 11.8 Å². The van der Waals surface area contributed by atoms with Gasteiger partial charge in [0, 0.05) is 25.4 Å². The first-order valence-corrected chi connectivity index (χ1v) is 7.51. The standard InChI is InChI=1S/C15H29NO2/c1-4-12(2)14(3,16)13-5-8-18-15(11-13)6-9-17-10-7-15/h12-13H,4-11,16H2,1-3H3. The van der Waals surface area contributed by atoms with Crippen molar-refractivity contribution in [3.05, 3.63) is 0 Å². The Morgan fingerprint density at radius 2 is 2.00 bits per heavy atom. The van der Waals surface area contributed by atoms with Gasteiger partial charge in [0.2, 0.25) is 0 Å². The minimum absolute atomic E-state index is 0.0647. The van der Waals surface area contributed by atoms with Crippen LogP contribution >= 0.6 is 0 Å². The Morgan fingerprint density at radius 1 is 1.33 bits per heavy atom. The molecule has 0 saturated carbocycles. The van der Waals surface area contributed by atoms with Crippen molar-refractivity contribution < 1.29 is 9.47 Å². The summed E-state index contributed by atoms with van der Waals surface area (Å²) < 4.78 is 11.6. The predicted molar refractivity (Wildman–Crippen MR) is 73.5 cm³/mol. The van der Waals surface area contributed by atoms with E-state index in [1.807, 2.05) is 0 Å². The monoisotopic (exact) mass is 255 g/mol. The van der Waals surface area contributed by atoms with E-state index in [1.165, 1.54) is 0 Å². The highest BCUT2D eigenvalue weighted by molar-refractivity contribution is 4.98. The van der Waals surface area contributed by atoms with E-state index in [4.69, 9.17) is 15.2 Å². The molecule has 106 valence electrons. The van der Waals surface area contributed by atoms with Gasteiger partial charge in [0.05, 0.1) is 5.60 Å². The Labute approximate surface area is 111 Å². The molecule has 3 nitrogen and oxygen atoms in total. The second-order valence-electron chi connectivity index (χ2n) is 6.51. The lowest BCUT2D eigenvalue weighted by atomic mass is 9.67. The Morgan fingerprint density at radius 3 is 2.61 bits per heavy atom. The Bertz CT molecular complexity index is 266. The van der Waals surface area contributed by atoms with E-state index in [0.717, 1.165) is 51.9 Å². The van der Waals surface area contributed by atoms with Crippen molar-refractivity contribution in [2.75, 3.05) is 19.8 Å². The topological polar surface area (TPSA) is 44.5 Å². The summed E-state index contributed by atoms with van der Waals surface area (Å²) in [5, 5.41) is 0. The maximum absolute atomic E-state index is 6.65. The molecule has 2 saturated heterocycles. The summed E-state index contributed by atoms with van der Waals surface area (Å²) in [5.41, 5.74) is 6.65. The molecule has 2 aliphatic rings. The van der Waals surface area contributed by atoms with Crippen molar-refractivity contribution in [2.24, 2.45) is 17.6 Å². The SMILES string of the molecule is CCC(C)C(C)(N)C1CCOC2(CCOCC2)C1. The van der Waals surface area contributed by atoms with Crippen molar-refractivity contribution in [1.29, 1.82) is 0 Å². The fourth-order valence-corrected chi connectivity index (χ4v) is 3.49. The summed E-state index contributed by atoms with van der Waals surface area (Å²) >= 11 is 0. The number of hydrogen-bond acceptors (Lipinski definition) is 3. The predicted octanol–water partition coefficient (Wildman–Crippen LogP) is 2.73. The maximum atomic E-state index is 6.65. The quantitative estimate of drug-likeness (QED) is 0.843. The fourth-order valence-electron chi connectivity index (χ4n) is 3.49. The van der Waals surface area contributed by atoms with E-state index in [-0.39, 0.29) is 11.1 Å². The molecule has 3 atom stereocenters. The lowest BCUT2D eigenvalue weighted by Crippen LogP contribution is -2.56. The molecule has 2 N–H and O–H groups in total. The fraction of sp³-hybridized carbons (Fsp3) is 1.00. The van der Waals surface area contributed by atoms with E-state index >= 15 is 0 Å². The lowest BCUT2D eigenvalue weighted by molar-refractivity contribution is -0.156. The molecule has 3 unspecified atom stereocenters. The molecular formula is C15H29NO2. The molecule has 0 aromatic rings. The van der Waals surface area contributed by atoms with E-state index in [1.54, 1.807) is 0 Å². The van der Waals surface area contributed by atoms with Crippen LogP contribution in [-0.4, -0.2) is 31.0 Å². The molecule has 0 aromatic heterocycles. The zero-order chi connectivity index (χ0) is 13.2. The molecule has 1 spiro atoms. The van der Waals surface area contributed by atoms with Gasteiger partial charge in [-0.3, -0.25) is 0 Å². The zero-order valence-corrected chi connectivity index (χ0v) is 12.2. The summed E-state index contributed by atoms with van der Waals surface area (Å²) in [4.78, 5) is 0. The average molecular weight is 255 g/mol. The van der Waals surface area contributed by atoms with E-state index in [9.17, 15) is 0 Å².